The van der Waals surface area contributed by atoms with Crippen molar-refractivity contribution in [1.82, 2.24) is 4.90 Å². The Kier molecular flexibility index (Phi) is 3.88. The van der Waals surface area contributed by atoms with E-state index in [9.17, 15) is 4.79 Å². The molecule has 0 aliphatic heterocycles. The highest BCUT2D eigenvalue weighted by atomic mass is 35.5. The second-order valence-corrected chi connectivity index (χ2v) is 2.27. The molecular formula is C6H10ClNO2. The van der Waals surface area contributed by atoms with E-state index in [1.807, 2.05) is 0 Å². The summed E-state index contributed by atoms with van der Waals surface area (Å²) in [7, 11) is 4.78. The van der Waals surface area contributed by atoms with Crippen molar-refractivity contribution < 1.29 is 9.53 Å². The first-order valence-electron chi connectivity index (χ1n) is 2.70. The van der Waals surface area contributed by atoms with Crippen LogP contribution in [0.3, 0.4) is 0 Å². The first-order chi connectivity index (χ1) is 4.57. The Morgan fingerprint density at radius 2 is 2.10 bits per heavy atom. The molecule has 0 amide bonds. The zero-order chi connectivity index (χ0) is 8.15. The van der Waals surface area contributed by atoms with Gasteiger partial charge in [0.25, 0.3) is 0 Å². The summed E-state index contributed by atoms with van der Waals surface area (Å²) in [5.74, 6) is -0.446. The van der Waals surface area contributed by atoms with Crippen molar-refractivity contribution >= 4 is 17.6 Å². The number of methoxy groups -OCH3 is 1. The highest BCUT2D eigenvalue weighted by molar-refractivity contribution is 6.30. The summed E-state index contributed by atoms with van der Waals surface area (Å²) in [6, 6.07) is 0. The Hall–Kier alpha value is -0.700. The summed E-state index contributed by atoms with van der Waals surface area (Å²) in [6.07, 6.45) is 1.21. The van der Waals surface area contributed by atoms with E-state index in [0.717, 1.165) is 0 Å². The van der Waals surface area contributed by atoms with Gasteiger partial charge in [0.15, 0.2) is 0 Å². The highest BCUT2D eigenvalue weighted by Gasteiger charge is 1.98. The van der Waals surface area contributed by atoms with Crippen molar-refractivity contribution in [3.8, 4) is 0 Å². The Labute approximate surface area is 65.2 Å². The molecule has 0 heterocycles. The molecule has 0 atom stereocenters. The fourth-order valence-electron chi connectivity index (χ4n) is 0.285. The zero-order valence-corrected chi connectivity index (χ0v) is 6.97. The van der Waals surface area contributed by atoms with Crippen molar-refractivity contribution in [2.75, 3.05) is 21.2 Å². The predicted molar refractivity (Wildman–Crippen MR) is 39.6 cm³/mol. The number of hydrogen-bond donors (Lipinski definition) is 0. The largest absolute Gasteiger partial charge is 0.466 e. The molecule has 0 aromatic rings. The minimum Gasteiger partial charge on any atom is -0.466 e. The summed E-state index contributed by atoms with van der Waals surface area (Å²) >= 11 is 5.58. The van der Waals surface area contributed by atoms with Crippen LogP contribution in [0.5, 0.6) is 0 Å². The topological polar surface area (TPSA) is 29.5 Å². The lowest BCUT2D eigenvalue weighted by Gasteiger charge is -2.08. The summed E-state index contributed by atoms with van der Waals surface area (Å²) in [4.78, 5) is 12.1. The first kappa shape index (κ1) is 9.30. The van der Waals surface area contributed by atoms with E-state index in [1.54, 1.807) is 19.0 Å². The summed E-state index contributed by atoms with van der Waals surface area (Å²) in [6.45, 7) is 0. The van der Waals surface area contributed by atoms with Gasteiger partial charge in [-0.05, 0) is 0 Å². The summed E-state index contributed by atoms with van der Waals surface area (Å²) in [5, 5.41) is 0.354. The second kappa shape index (κ2) is 4.17. The Morgan fingerprint density at radius 1 is 1.60 bits per heavy atom. The molecule has 0 aromatic carbocycles. The van der Waals surface area contributed by atoms with Gasteiger partial charge in [0.1, 0.15) is 5.16 Å². The van der Waals surface area contributed by atoms with E-state index >= 15 is 0 Å². The van der Waals surface area contributed by atoms with E-state index < -0.39 is 5.97 Å². The van der Waals surface area contributed by atoms with Gasteiger partial charge in [-0.3, -0.25) is 0 Å². The number of ether oxygens (including phenoxy) is 1. The minimum absolute atomic E-state index is 0.354. The molecule has 0 saturated heterocycles. The normalized spacial score (nSPS) is 11.0. The third kappa shape index (κ3) is 3.35. The standard InChI is InChI=1S/C6H10ClNO2/c1-8(2)5(7)4-6(9)10-3/h4H,1-3H3/b5-4+. The summed E-state index contributed by atoms with van der Waals surface area (Å²) in [5.41, 5.74) is 0. The lowest BCUT2D eigenvalue weighted by atomic mass is 10.6. The maximum atomic E-state index is 10.5. The van der Waals surface area contributed by atoms with Crippen molar-refractivity contribution in [3.05, 3.63) is 11.2 Å². The average molecular weight is 164 g/mol. The van der Waals surface area contributed by atoms with Crippen LogP contribution in [-0.2, 0) is 9.53 Å². The van der Waals surface area contributed by atoms with Crippen LogP contribution in [0.15, 0.2) is 11.2 Å². The minimum atomic E-state index is -0.446. The maximum absolute atomic E-state index is 10.5. The monoisotopic (exact) mass is 163 g/mol. The van der Waals surface area contributed by atoms with Gasteiger partial charge in [-0.2, -0.15) is 0 Å². The van der Waals surface area contributed by atoms with E-state index in [4.69, 9.17) is 11.6 Å². The number of halogens is 1. The molecule has 0 fully saturated rings. The van der Waals surface area contributed by atoms with Crippen molar-refractivity contribution in [2.45, 2.75) is 0 Å². The molecule has 3 nitrogen and oxygen atoms in total. The quantitative estimate of drug-likeness (QED) is 0.343. The van der Waals surface area contributed by atoms with Gasteiger partial charge in [0, 0.05) is 14.1 Å². The smallest absolute Gasteiger partial charge is 0.333 e. The van der Waals surface area contributed by atoms with Crippen LogP contribution in [-0.4, -0.2) is 32.1 Å². The fourth-order valence-corrected chi connectivity index (χ4v) is 0.374. The van der Waals surface area contributed by atoms with Crippen molar-refractivity contribution in [2.24, 2.45) is 0 Å². The van der Waals surface area contributed by atoms with Crippen LogP contribution in [0.2, 0.25) is 0 Å². The number of hydrogen-bond acceptors (Lipinski definition) is 3. The molecule has 0 aromatic heterocycles. The molecule has 0 unspecified atom stereocenters. The zero-order valence-electron chi connectivity index (χ0n) is 6.22. The second-order valence-electron chi connectivity index (χ2n) is 1.88. The molecule has 4 heteroatoms. The van der Waals surface area contributed by atoms with Gasteiger partial charge in [0.2, 0.25) is 0 Å². The number of nitrogens with zero attached hydrogens (tertiary/aromatic N) is 1. The van der Waals surface area contributed by atoms with E-state index in [1.165, 1.54) is 13.2 Å². The van der Waals surface area contributed by atoms with Crippen LogP contribution in [0.4, 0.5) is 0 Å². The maximum Gasteiger partial charge on any atom is 0.333 e. The summed E-state index contributed by atoms with van der Waals surface area (Å²) < 4.78 is 4.34. The third-order valence-corrected chi connectivity index (χ3v) is 1.31. The first-order valence-corrected chi connectivity index (χ1v) is 3.08. The predicted octanol–water partition coefficient (Wildman–Crippen LogP) is 0.801. The molecule has 10 heavy (non-hydrogen) atoms. The third-order valence-electron chi connectivity index (χ3n) is 0.865. The van der Waals surface area contributed by atoms with Gasteiger partial charge in [-0.1, -0.05) is 11.6 Å². The number of rotatable bonds is 2. The van der Waals surface area contributed by atoms with E-state index in [-0.39, 0.29) is 0 Å². The Balaban J connectivity index is 4.03. The SMILES string of the molecule is COC(=O)/C=C(\Cl)N(C)C. The lowest BCUT2D eigenvalue weighted by molar-refractivity contribution is -0.134. The number of carbonyl (C=O) groups is 1. The molecule has 0 saturated carbocycles. The molecule has 0 spiro atoms. The number of carbonyl (C=O) groups excluding carboxylic acids is 1. The van der Waals surface area contributed by atoms with Crippen molar-refractivity contribution in [3.63, 3.8) is 0 Å². The molecule has 0 aliphatic carbocycles. The Bertz CT molecular complexity index is 154. The van der Waals surface area contributed by atoms with Crippen LogP contribution in [0, 0.1) is 0 Å². The van der Waals surface area contributed by atoms with Gasteiger partial charge < -0.3 is 9.64 Å². The average Bonchev–Trinajstić information content (AvgIpc) is 1.87. The van der Waals surface area contributed by atoms with E-state index in [2.05, 4.69) is 4.74 Å². The van der Waals surface area contributed by atoms with Gasteiger partial charge >= 0.3 is 5.97 Å². The molecular weight excluding hydrogens is 154 g/mol. The molecule has 0 bridgehead atoms. The molecule has 0 N–H and O–H groups in total. The fraction of sp³-hybridized carbons (Fsp3) is 0.500. The molecule has 0 aliphatic rings. The van der Waals surface area contributed by atoms with Crippen LogP contribution in [0.25, 0.3) is 0 Å². The molecule has 0 radical (unpaired) electrons. The molecule has 0 rings (SSSR count). The van der Waals surface area contributed by atoms with Crippen LogP contribution >= 0.6 is 11.6 Å². The highest BCUT2D eigenvalue weighted by Crippen LogP contribution is 2.03. The van der Waals surface area contributed by atoms with Crippen LogP contribution in [0.1, 0.15) is 0 Å². The van der Waals surface area contributed by atoms with Crippen LogP contribution < -0.4 is 0 Å². The number of esters is 1. The van der Waals surface area contributed by atoms with Gasteiger partial charge in [0.05, 0.1) is 13.2 Å². The van der Waals surface area contributed by atoms with Gasteiger partial charge in [-0.25, -0.2) is 4.79 Å². The van der Waals surface area contributed by atoms with Gasteiger partial charge in [-0.15, -0.1) is 0 Å². The lowest BCUT2D eigenvalue weighted by Crippen LogP contribution is -2.08. The Morgan fingerprint density at radius 3 is 2.40 bits per heavy atom. The van der Waals surface area contributed by atoms with Crippen molar-refractivity contribution in [1.29, 1.82) is 0 Å². The molecule has 58 valence electrons. The van der Waals surface area contributed by atoms with E-state index in [0.29, 0.717) is 5.16 Å².